The Balaban J connectivity index is 0.00000338. The number of carbonyl (C=O) groups excluding carboxylic acids is 3. The highest BCUT2D eigenvalue weighted by molar-refractivity contribution is 5.90. The van der Waals surface area contributed by atoms with E-state index in [1.807, 2.05) is 4.90 Å². The van der Waals surface area contributed by atoms with Crippen LogP contribution < -0.4 is 11.1 Å². The number of hydrogen-bond acceptors (Lipinski definition) is 4. The number of nitrogens with zero attached hydrogens (tertiary/aromatic N) is 2. The predicted molar refractivity (Wildman–Crippen MR) is 103 cm³/mol. The van der Waals surface area contributed by atoms with Crippen molar-refractivity contribution in [3.05, 3.63) is 0 Å². The summed E-state index contributed by atoms with van der Waals surface area (Å²) >= 11 is 0. The Morgan fingerprint density at radius 2 is 1.92 bits per heavy atom. The summed E-state index contributed by atoms with van der Waals surface area (Å²) < 4.78 is 0. The molecule has 0 aliphatic carbocycles. The molecule has 2 atom stereocenters. The standard InChI is InChI=1S/C18H32N4O3.ClH/c1-3-15(4-2)22-12-14(10-16(22)23)18(25)21-9-5-6-13(11-21)17(24)20-8-7-19;/h13-15H,3-12,19H2,1-2H3,(H,20,24);1H. The van der Waals surface area contributed by atoms with Crippen LogP contribution in [0.3, 0.4) is 0 Å². The van der Waals surface area contributed by atoms with Gasteiger partial charge in [-0.1, -0.05) is 13.8 Å². The Labute approximate surface area is 162 Å². The predicted octanol–water partition coefficient (Wildman–Crippen LogP) is 0.759. The van der Waals surface area contributed by atoms with Crippen molar-refractivity contribution in [1.82, 2.24) is 15.1 Å². The average Bonchev–Trinajstić information content (AvgIpc) is 3.02. The van der Waals surface area contributed by atoms with Gasteiger partial charge in [0.2, 0.25) is 17.7 Å². The van der Waals surface area contributed by atoms with Crippen molar-refractivity contribution in [3.63, 3.8) is 0 Å². The van der Waals surface area contributed by atoms with Crippen LogP contribution >= 0.6 is 12.4 Å². The average molecular weight is 389 g/mol. The Morgan fingerprint density at radius 1 is 1.23 bits per heavy atom. The first-order chi connectivity index (χ1) is 12.0. The monoisotopic (exact) mass is 388 g/mol. The zero-order valence-corrected chi connectivity index (χ0v) is 16.7. The third-order valence-electron chi connectivity index (χ3n) is 5.44. The van der Waals surface area contributed by atoms with Crippen LogP contribution in [0, 0.1) is 11.8 Å². The Morgan fingerprint density at radius 3 is 2.54 bits per heavy atom. The molecule has 2 saturated heterocycles. The maximum Gasteiger partial charge on any atom is 0.228 e. The second-order valence-corrected chi connectivity index (χ2v) is 7.12. The number of piperidine rings is 1. The molecule has 0 aromatic heterocycles. The zero-order valence-electron chi connectivity index (χ0n) is 15.9. The van der Waals surface area contributed by atoms with Crippen molar-refractivity contribution >= 4 is 30.1 Å². The summed E-state index contributed by atoms with van der Waals surface area (Å²) in [5.41, 5.74) is 5.42. The van der Waals surface area contributed by atoms with Gasteiger partial charge < -0.3 is 20.9 Å². The van der Waals surface area contributed by atoms with Crippen LogP contribution in [0.2, 0.25) is 0 Å². The fourth-order valence-electron chi connectivity index (χ4n) is 3.97. The molecule has 2 aliphatic rings. The fraction of sp³-hybridized carbons (Fsp3) is 0.833. The van der Waals surface area contributed by atoms with E-state index in [9.17, 15) is 14.4 Å². The molecule has 0 spiro atoms. The van der Waals surface area contributed by atoms with E-state index in [-0.39, 0.29) is 48.0 Å². The van der Waals surface area contributed by atoms with Gasteiger partial charge in [0.1, 0.15) is 0 Å². The van der Waals surface area contributed by atoms with Crippen LogP contribution in [0.5, 0.6) is 0 Å². The first-order valence-corrected chi connectivity index (χ1v) is 9.57. The van der Waals surface area contributed by atoms with Gasteiger partial charge in [0.15, 0.2) is 0 Å². The molecule has 0 bridgehead atoms. The number of nitrogens with two attached hydrogens (primary N) is 1. The molecule has 0 saturated carbocycles. The van der Waals surface area contributed by atoms with E-state index in [4.69, 9.17) is 5.73 Å². The van der Waals surface area contributed by atoms with Crippen molar-refractivity contribution in [2.24, 2.45) is 17.6 Å². The smallest absolute Gasteiger partial charge is 0.228 e. The summed E-state index contributed by atoms with van der Waals surface area (Å²) in [5, 5.41) is 2.81. The molecule has 0 radical (unpaired) electrons. The first kappa shape index (κ1) is 22.7. The highest BCUT2D eigenvalue weighted by Gasteiger charge is 2.40. The summed E-state index contributed by atoms with van der Waals surface area (Å²) in [4.78, 5) is 41.0. The Hall–Kier alpha value is -1.34. The molecule has 150 valence electrons. The molecule has 2 fully saturated rings. The molecule has 2 aliphatic heterocycles. The van der Waals surface area contributed by atoms with E-state index in [1.54, 1.807) is 4.90 Å². The number of nitrogens with one attached hydrogen (secondary N) is 1. The van der Waals surface area contributed by atoms with Gasteiger partial charge in [-0.05, 0) is 25.7 Å². The van der Waals surface area contributed by atoms with Crippen LogP contribution in [0.15, 0.2) is 0 Å². The first-order valence-electron chi connectivity index (χ1n) is 9.57. The van der Waals surface area contributed by atoms with Crippen LogP contribution in [0.25, 0.3) is 0 Å². The summed E-state index contributed by atoms with van der Waals surface area (Å²) in [6.07, 6.45) is 3.75. The number of hydrogen-bond donors (Lipinski definition) is 2. The lowest BCUT2D eigenvalue weighted by atomic mass is 9.95. The quantitative estimate of drug-likeness (QED) is 0.673. The van der Waals surface area contributed by atoms with Crippen molar-refractivity contribution in [1.29, 1.82) is 0 Å². The second-order valence-electron chi connectivity index (χ2n) is 7.12. The zero-order chi connectivity index (χ0) is 18.4. The lowest BCUT2D eigenvalue weighted by molar-refractivity contribution is -0.139. The van der Waals surface area contributed by atoms with Gasteiger partial charge >= 0.3 is 0 Å². The SMILES string of the molecule is CCC(CC)N1CC(C(=O)N2CCCC(C(=O)NCCN)C2)CC1=O.Cl. The molecule has 0 aromatic rings. The van der Waals surface area contributed by atoms with Crippen molar-refractivity contribution in [3.8, 4) is 0 Å². The molecule has 2 rings (SSSR count). The molecule has 0 aromatic carbocycles. The Kier molecular flexibility index (Phi) is 9.36. The van der Waals surface area contributed by atoms with Gasteiger partial charge in [-0.2, -0.15) is 0 Å². The lowest BCUT2D eigenvalue weighted by Gasteiger charge is -2.34. The minimum Gasteiger partial charge on any atom is -0.355 e. The van der Waals surface area contributed by atoms with Gasteiger partial charge in [0.05, 0.1) is 11.8 Å². The second kappa shape index (κ2) is 10.7. The van der Waals surface area contributed by atoms with Crippen LogP contribution in [-0.2, 0) is 14.4 Å². The topological polar surface area (TPSA) is 95.7 Å². The van der Waals surface area contributed by atoms with Gasteiger partial charge in [0, 0.05) is 45.2 Å². The fourth-order valence-corrected chi connectivity index (χ4v) is 3.97. The van der Waals surface area contributed by atoms with Crippen molar-refractivity contribution in [2.75, 3.05) is 32.7 Å². The molecule has 7 nitrogen and oxygen atoms in total. The molecule has 2 unspecified atom stereocenters. The molecular weight excluding hydrogens is 356 g/mol. The van der Waals surface area contributed by atoms with E-state index in [2.05, 4.69) is 19.2 Å². The van der Waals surface area contributed by atoms with Crippen molar-refractivity contribution in [2.45, 2.75) is 52.0 Å². The highest BCUT2D eigenvalue weighted by Crippen LogP contribution is 2.26. The highest BCUT2D eigenvalue weighted by atomic mass is 35.5. The number of halogens is 1. The van der Waals surface area contributed by atoms with E-state index < -0.39 is 0 Å². The normalized spacial score (nSPS) is 23.2. The molecular formula is C18H33ClN4O3. The number of likely N-dealkylation sites (tertiary alicyclic amines) is 2. The minimum atomic E-state index is -0.265. The van der Waals surface area contributed by atoms with Gasteiger partial charge in [-0.15, -0.1) is 12.4 Å². The summed E-state index contributed by atoms with van der Waals surface area (Å²) in [7, 11) is 0. The Bertz CT molecular complexity index is 499. The van der Waals surface area contributed by atoms with E-state index in [0.29, 0.717) is 39.1 Å². The van der Waals surface area contributed by atoms with Gasteiger partial charge in [-0.3, -0.25) is 14.4 Å². The molecule has 26 heavy (non-hydrogen) atoms. The molecule has 3 amide bonds. The van der Waals surface area contributed by atoms with E-state index in [1.165, 1.54) is 0 Å². The number of rotatable bonds is 7. The maximum absolute atomic E-state index is 12.9. The van der Waals surface area contributed by atoms with Gasteiger partial charge in [0.25, 0.3) is 0 Å². The molecule has 8 heteroatoms. The van der Waals surface area contributed by atoms with Crippen LogP contribution in [-0.4, -0.2) is 66.3 Å². The third-order valence-corrected chi connectivity index (χ3v) is 5.44. The summed E-state index contributed by atoms with van der Waals surface area (Å²) in [6, 6.07) is 0.224. The van der Waals surface area contributed by atoms with Crippen molar-refractivity contribution < 1.29 is 14.4 Å². The minimum absolute atomic E-state index is 0. The van der Waals surface area contributed by atoms with Crippen LogP contribution in [0.1, 0.15) is 46.0 Å². The van der Waals surface area contributed by atoms with E-state index in [0.717, 1.165) is 25.7 Å². The number of carbonyl (C=O) groups is 3. The molecule has 2 heterocycles. The van der Waals surface area contributed by atoms with Crippen LogP contribution in [0.4, 0.5) is 0 Å². The molecule has 3 N–H and O–H groups in total. The summed E-state index contributed by atoms with van der Waals surface area (Å²) in [6.45, 7) is 6.67. The number of amides is 3. The lowest BCUT2D eigenvalue weighted by Crippen LogP contribution is -2.48. The third kappa shape index (κ3) is 5.33. The summed E-state index contributed by atoms with van der Waals surface area (Å²) in [5.74, 6) is -0.348. The van der Waals surface area contributed by atoms with E-state index >= 15 is 0 Å². The van der Waals surface area contributed by atoms with Gasteiger partial charge in [-0.25, -0.2) is 0 Å². The maximum atomic E-state index is 12.9. The largest absolute Gasteiger partial charge is 0.355 e.